The highest BCUT2D eigenvalue weighted by Gasteiger charge is 2.01. The molecule has 1 aromatic carbocycles. The van der Waals surface area contributed by atoms with Gasteiger partial charge in [0, 0.05) is 10.0 Å². The van der Waals surface area contributed by atoms with Crippen molar-refractivity contribution in [1.82, 2.24) is 0 Å². The lowest BCUT2D eigenvalue weighted by Gasteiger charge is -1.94. The Labute approximate surface area is 84.4 Å². The van der Waals surface area contributed by atoms with Crippen molar-refractivity contribution in [2.45, 2.75) is 12.3 Å². The molecule has 0 N–H and O–H groups in total. The minimum atomic E-state index is 0.955. The molecule has 0 spiro atoms. The Morgan fingerprint density at radius 1 is 1.42 bits per heavy atom. The van der Waals surface area contributed by atoms with E-state index in [1.807, 2.05) is 11.3 Å². The number of halogens is 1. The molecule has 2 rings (SSSR count). The van der Waals surface area contributed by atoms with Gasteiger partial charge in [-0.1, -0.05) is 33.6 Å². The number of benzene rings is 1. The van der Waals surface area contributed by atoms with Gasteiger partial charge in [0.1, 0.15) is 0 Å². The number of fused-ring (bicyclic) bond motifs is 1. The normalized spacial score (nSPS) is 10.8. The zero-order valence-electron chi connectivity index (χ0n) is 6.80. The van der Waals surface area contributed by atoms with Crippen molar-refractivity contribution in [3.63, 3.8) is 0 Å². The van der Waals surface area contributed by atoms with E-state index in [2.05, 4.69) is 46.4 Å². The first-order valence-electron chi connectivity index (χ1n) is 3.84. The van der Waals surface area contributed by atoms with E-state index in [0.717, 1.165) is 5.33 Å². The molecule has 0 fully saturated rings. The average Bonchev–Trinajstić information content (AvgIpc) is 2.46. The molecule has 0 aliphatic carbocycles. The fourth-order valence-electron chi connectivity index (χ4n) is 1.30. The van der Waals surface area contributed by atoms with Crippen molar-refractivity contribution in [3.05, 3.63) is 34.7 Å². The monoisotopic (exact) mass is 240 g/mol. The van der Waals surface area contributed by atoms with E-state index in [9.17, 15) is 0 Å². The van der Waals surface area contributed by atoms with Crippen LogP contribution in [-0.4, -0.2) is 0 Å². The van der Waals surface area contributed by atoms with Crippen LogP contribution in [0, 0.1) is 6.92 Å². The van der Waals surface area contributed by atoms with Gasteiger partial charge in [-0.2, -0.15) is 0 Å². The zero-order chi connectivity index (χ0) is 8.55. The molecule has 0 bridgehead atoms. The van der Waals surface area contributed by atoms with Crippen LogP contribution in [0.3, 0.4) is 0 Å². The van der Waals surface area contributed by atoms with Gasteiger partial charge in [0.05, 0.1) is 0 Å². The summed E-state index contributed by atoms with van der Waals surface area (Å²) in [5.74, 6) is 0. The molecule has 1 aromatic heterocycles. The lowest BCUT2D eigenvalue weighted by molar-refractivity contribution is 1.48. The van der Waals surface area contributed by atoms with Crippen LogP contribution >= 0.6 is 27.3 Å². The van der Waals surface area contributed by atoms with Crippen LogP contribution < -0.4 is 0 Å². The highest BCUT2D eigenvalue weighted by molar-refractivity contribution is 9.08. The highest BCUT2D eigenvalue weighted by Crippen LogP contribution is 2.28. The summed E-state index contributed by atoms with van der Waals surface area (Å²) >= 11 is 5.31. The Morgan fingerprint density at radius 3 is 3.00 bits per heavy atom. The zero-order valence-corrected chi connectivity index (χ0v) is 9.21. The van der Waals surface area contributed by atoms with E-state index >= 15 is 0 Å². The molecular weight excluding hydrogens is 232 g/mol. The summed E-state index contributed by atoms with van der Waals surface area (Å²) in [5.41, 5.74) is 2.74. The first-order valence-corrected chi connectivity index (χ1v) is 5.84. The fourth-order valence-corrected chi connectivity index (χ4v) is 2.92. The van der Waals surface area contributed by atoms with Gasteiger partial charge in [0.25, 0.3) is 0 Å². The summed E-state index contributed by atoms with van der Waals surface area (Å²) < 4.78 is 1.38. The minimum Gasteiger partial charge on any atom is -0.143 e. The molecule has 0 aliphatic heterocycles. The van der Waals surface area contributed by atoms with Gasteiger partial charge in [-0.25, -0.2) is 0 Å². The number of hydrogen-bond donors (Lipinski definition) is 0. The summed E-state index contributed by atoms with van der Waals surface area (Å²) in [6, 6.07) is 6.61. The number of rotatable bonds is 1. The largest absolute Gasteiger partial charge is 0.143 e. The Kier molecular flexibility index (Phi) is 2.20. The van der Waals surface area contributed by atoms with E-state index < -0.39 is 0 Å². The minimum absolute atomic E-state index is 0.955. The second-order valence-corrected chi connectivity index (χ2v) is 4.37. The first kappa shape index (κ1) is 8.27. The topological polar surface area (TPSA) is 0 Å². The van der Waals surface area contributed by atoms with Gasteiger partial charge < -0.3 is 0 Å². The average molecular weight is 241 g/mol. The lowest BCUT2D eigenvalue weighted by Crippen LogP contribution is -1.74. The highest BCUT2D eigenvalue weighted by atomic mass is 79.9. The van der Waals surface area contributed by atoms with E-state index in [-0.39, 0.29) is 0 Å². The molecule has 0 amide bonds. The smallest absolute Gasteiger partial charge is 0.0346 e. The van der Waals surface area contributed by atoms with Gasteiger partial charge in [0.2, 0.25) is 0 Å². The SMILES string of the molecule is Cc1ccc2scc(CBr)c2c1. The van der Waals surface area contributed by atoms with Crippen molar-refractivity contribution in [1.29, 1.82) is 0 Å². The van der Waals surface area contributed by atoms with Crippen molar-refractivity contribution >= 4 is 37.4 Å². The van der Waals surface area contributed by atoms with Crippen LogP contribution in [0.1, 0.15) is 11.1 Å². The molecule has 0 aliphatic rings. The molecule has 12 heavy (non-hydrogen) atoms. The fraction of sp³-hybridized carbons (Fsp3) is 0.200. The predicted molar refractivity (Wildman–Crippen MR) is 59.2 cm³/mol. The van der Waals surface area contributed by atoms with Crippen LogP contribution in [0.4, 0.5) is 0 Å². The molecule has 0 saturated carbocycles. The third-order valence-electron chi connectivity index (χ3n) is 1.95. The second kappa shape index (κ2) is 3.19. The standard InChI is InChI=1S/C10H9BrS/c1-7-2-3-10-9(4-7)8(5-11)6-12-10/h2-4,6H,5H2,1H3. The lowest BCUT2D eigenvalue weighted by atomic mass is 10.1. The third-order valence-corrected chi connectivity index (χ3v) is 3.57. The molecule has 0 unspecified atom stereocenters. The summed E-state index contributed by atoms with van der Waals surface area (Å²) in [6.07, 6.45) is 0. The number of hydrogen-bond acceptors (Lipinski definition) is 1. The maximum Gasteiger partial charge on any atom is 0.0346 e. The van der Waals surface area contributed by atoms with Gasteiger partial charge in [-0.05, 0) is 29.3 Å². The van der Waals surface area contributed by atoms with Crippen LogP contribution in [0.25, 0.3) is 10.1 Å². The molecule has 2 heteroatoms. The van der Waals surface area contributed by atoms with E-state index in [1.54, 1.807) is 0 Å². The van der Waals surface area contributed by atoms with Crippen LogP contribution in [-0.2, 0) is 5.33 Å². The van der Waals surface area contributed by atoms with Crippen molar-refractivity contribution in [2.24, 2.45) is 0 Å². The van der Waals surface area contributed by atoms with Crippen molar-refractivity contribution in [2.75, 3.05) is 0 Å². The molecule has 0 nitrogen and oxygen atoms in total. The number of thiophene rings is 1. The van der Waals surface area contributed by atoms with Crippen LogP contribution in [0.15, 0.2) is 23.6 Å². The summed E-state index contributed by atoms with van der Waals surface area (Å²) in [6.45, 7) is 2.13. The molecule has 0 saturated heterocycles. The van der Waals surface area contributed by atoms with Crippen molar-refractivity contribution in [3.8, 4) is 0 Å². The Balaban J connectivity index is 2.75. The molecular formula is C10H9BrS. The molecule has 62 valence electrons. The predicted octanol–water partition coefficient (Wildman–Crippen LogP) is 4.10. The van der Waals surface area contributed by atoms with E-state index in [1.165, 1.54) is 21.2 Å². The van der Waals surface area contributed by atoms with E-state index in [0.29, 0.717) is 0 Å². The van der Waals surface area contributed by atoms with Gasteiger partial charge in [0.15, 0.2) is 0 Å². The third kappa shape index (κ3) is 1.29. The van der Waals surface area contributed by atoms with E-state index in [4.69, 9.17) is 0 Å². The van der Waals surface area contributed by atoms with Gasteiger partial charge >= 0.3 is 0 Å². The molecule has 2 aromatic rings. The summed E-state index contributed by atoms with van der Waals surface area (Å²) in [4.78, 5) is 0. The summed E-state index contributed by atoms with van der Waals surface area (Å²) in [5, 5.41) is 4.58. The molecule has 0 atom stereocenters. The molecule has 1 heterocycles. The number of alkyl halides is 1. The first-order chi connectivity index (χ1) is 5.81. The van der Waals surface area contributed by atoms with Gasteiger partial charge in [-0.3, -0.25) is 0 Å². The van der Waals surface area contributed by atoms with Crippen LogP contribution in [0.2, 0.25) is 0 Å². The van der Waals surface area contributed by atoms with Gasteiger partial charge in [-0.15, -0.1) is 11.3 Å². The van der Waals surface area contributed by atoms with Crippen molar-refractivity contribution < 1.29 is 0 Å². The van der Waals surface area contributed by atoms with Crippen LogP contribution in [0.5, 0.6) is 0 Å². The number of aryl methyl sites for hydroxylation is 1. The summed E-state index contributed by atoms with van der Waals surface area (Å²) in [7, 11) is 0. The quantitative estimate of drug-likeness (QED) is 0.659. The maximum absolute atomic E-state index is 3.49. The Bertz CT molecular complexity index is 403. The second-order valence-electron chi connectivity index (χ2n) is 2.89. The maximum atomic E-state index is 3.49. The Morgan fingerprint density at radius 2 is 2.25 bits per heavy atom. The molecule has 0 radical (unpaired) electrons. The Hall–Kier alpha value is -0.340.